The van der Waals surface area contributed by atoms with Gasteiger partial charge in [0.15, 0.2) is 5.82 Å². The molecule has 1 aromatic carbocycles. The molecule has 142 valence electrons. The molecule has 2 heterocycles. The molecule has 0 saturated carbocycles. The van der Waals surface area contributed by atoms with Gasteiger partial charge in [-0.1, -0.05) is 29.3 Å². The first kappa shape index (κ1) is 19.4. The van der Waals surface area contributed by atoms with Crippen molar-refractivity contribution in [3.8, 4) is 0 Å². The van der Waals surface area contributed by atoms with Crippen molar-refractivity contribution >= 4 is 34.9 Å². The normalized spacial score (nSPS) is 12.2. The molecule has 1 unspecified atom stereocenters. The summed E-state index contributed by atoms with van der Waals surface area (Å²) in [6.45, 7) is 5.47. The van der Waals surface area contributed by atoms with E-state index in [1.54, 1.807) is 49.8 Å². The molecule has 0 bridgehead atoms. The van der Waals surface area contributed by atoms with Gasteiger partial charge in [-0.15, -0.1) is 0 Å². The average molecular weight is 410 g/mol. The maximum absolute atomic E-state index is 13.9. The van der Waals surface area contributed by atoms with Crippen molar-refractivity contribution in [2.45, 2.75) is 33.4 Å². The molecule has 6 nitrogen and oxygen atoms in total. The highest BCUT2D eigenvalue weighted by Gasteiger charge is 2.21. The fraction of sp³-hybridized carbons (Fsp3) is 0.278. The van der Waals surface area contributed by atoms with Gasteiger partial charge < -0.3 is 5.32 Å². The fourth-order valence-electron chi connectivity index (χ4n) is 2.72. The van der Waals surface area contributed by atoms with Gasteiger partial charge in [0.2, 0.25) is 5.91 Å². The first-order chi connectivity index (χ1) is 12.8. The van der Waals surface area contributed by atoms with Gasteiger partial charge in [0.1, 0.15) is 11.9 Å². The Morgan fingerprint density at radius 2 is 2.00 bits per heavy atom. The Bertz CT molecular complexity index is 978. The second kappa shape index (κ2) is 7.70. The van der Waals surface area contributed by atoms with Crippen LogP contribution in [-0.2, 0) is 11.3 Å². The molecule has 3 aromatic rings. The number of nitrogens with one attached hydrogen (secondary N) is 1. The van der Waals surface area contributed by atoms with Gasteiger partial charge in [-0.05, 0) is 32.9 Å². The highest BCUT2D eigenvalue weighted by Crippen LogP contribution is 2.23. The molecule has 0 aliphatic carbocycles. The van der Waals surface area contributed by atoms with Crippen LogP contribution in [0.5, 0.6) is 0 Å². The van der Waals surface area contributed by atoms with Crippen LogP contribution >= 0.6 is 23.2 Å². The minimum atomic E-state index is -0.567. The summed E-state index contributed by atoms with van der Waals surface area (Å²) in [5.41, 5.74) is 1.72. The SMILES string of the molecule is Cc1nn(C(C)C(=O)Nc2ccn(Cc3c(F)cccc3Cl)n2)c(C)c1Cl. The van der Waals surface area contributed by atoms with Crippen LogP contribution in [0.2, 0.25) is 10.0 Å². The first-order valence-electron chi connectivity index (χ1n) is 8.26. The van der Waals surface area contributed by atoms with E-state index in [-0.39, 0.29) is 12.5 Å². The standard InChI is InChI=1S/C18H18Cl2FN5O/c1-10-17(20)11(2)26(23-10)12(3)18(27)22-16-7-8-25(24-16)9-13-14(19)5-4-6-15(13)21/h4-8,12H,9H2,1-3H3,(H,22,24,27). The molecule has 0 aliphatic heterocycles. The molecule has 0 saturated heterocycles. The molecule has 0 fully saturated rings. The molecular formula is C18H18Cl2FN5O. The van der Waals surface area contributed by atoms with Crippen LogP contribution in [0, 0.1) is 19.7 Å². The van der Waals surface area contributed by atoms with Gasteiger partial charge in [-0.3, -0.25) is 14.2 Å². The van der Waals surface area contributed by atoms with Crippen LogP contribution in [0.3, 0.4) is 0 Å². The molecule has 0 spiro atoms. The van der Waals surface area contributed by atoms with Crippen molar-refractivity contribution in [3.05, 3.63) is 63.3 Å². The van der Waals surface area contributed by atoms with Crippen LogP contribution in [0.15, 0.2) is 30.5 Å². The fourth-order valence-corrected chi connectivity index (χ4v) is 3.07. The van der Waals surface area contributed by atoms with E-state index in [0.29, 0.717) is 27.1 Å². The largest absolute Gasteiger partial charge is 0.307 e. The lowest BCUT2D eigenvalue weighted by molar-refractivity contribution is -0.119. The van der Waals surface area contributed by atoms with Gasteiger partial charge >= 0.3 is 0 Å². The zero-order valence-corrected chi connectivity index (χ0v) is 16.5. The molecule has 3 rings (SSSR count). The third-order valence-electron chi connectivity index (χ3n) is 4.26. The van der Waals surface area contributed by atoms with Gasteiger partial charge in [0.25, 0.3) is 0 Å². The molecule has 0 aliphatic rings. The van der Waals surface area contributed by atoms with Crippen LogP contribution in [0.1, 0.15) is 29.9 Å². The van der Waals surface area contributed by atoms with Gasteiger partial charge in [-0.2, -0.15) is 10.2 Å². The van der Waals surface area contributed by atoms with Gasteiger partial charge in [0.05, 0.1) is 23.0 Å². The summed E-state index contributed by atoms with van der Waals surface area (Å²) in [5.74, 6) is -0.336. The topological polar surface area (TPSA) is 64.7 Å². The summed E-state index contributed by atoms with van der Waals surface area (Å²) < 4.78 is 17.0. The minimum Gasteiger partial charge on any atom is -0.307 e. The van der Waals surface area contributed by atoms with E-state index in [1.807, 2.05) is 0 Å². The number of benzene rings is 1. The zero-order chi connectivity index (χ0) is 19.7. The van der Waals surface area contributed by atoms with E-state index in [1.165, 1.54) is 10.7 Å². The van der Waals surface area contributed by atoms with Crippen LogP contribution in [0.4, 0.5) is 10.2 Å². The Kier molecular flexibility index (Phi) is 5.53. The molecule has 1 amide bonds. The zero-order valence-electron chi connectivity index (χ0n) is 15.0. The Hall–Kier alpha value is -2.38. The number of anilines is 1. The highest BCUT2D eigenvalue weighted by molar-refractivity contribution is 6.32. The molecule has 27 heavy (non-hydrogen) atoms. The number of aromatic nitrogens is 4. The van der Waals surface area contributed by atoms with Gasteiger partial charge in [-0.25, -0.2) is 4.39 Å². The number of halogens is 3. The lowest BCUT2D eigenvalue weighted by Gasteiger charge is -2.13. The average Bonchev–Trinajstić information content (AvgIpc) is 3.17. The van der Waals surface area contributed by atoms with E-state index < -0.39 is 11.9 Å². The van der Waals surface area contributed by atoms with E-state index >= 15 is 0 Å². The highest BCUT2D eigenvalue weighted by atomic mass is 35.5. The summed E-state index contributed by atoms with van der Waals surface area (Å²) in [4.78, 5) is 12.5. The maximum atomic E-state index is 13.9. The van der Waals surface area contributed by atoms with E-state index in [0.717, 1.165) is 5.69 Å². The third-order valence-corrected chi connectivity index (χ3v) is 5.16. The van der Waals surface area contributed by atoms with Gasteiger partial charge in [0, 0.05) is 22.8 Å². The Labute approximate surface area is 165 Å². The van der Waals surface area contributed by atoms with Crippen molar-refractivity contribution in [3.63, 3.8) is 0 Å². The second-order valence-electron chi connectivity index (χ2n) is 6.19. The summed E-state index contributed by atoms with van der Waals surface area (Å²) in [6, 6.07) is 5.57. The van der Waals surface area contributed by atoms with E-state index in [2.05, 4.69) is 15.5 Å². The molecule has 1 N–H and O–H groups in total. The summed E-state index contributed by atoms with van der Waals surface area (Å²) >= 11 is 12.2. The second-order valence-corrected chi connectivity index (χ2v) is 6.98. The van der Waals surface area contributed by atoms with Crippen molar-refractivity contribution < 1.29 is 9.18 Å². The smallest absolute Gasteiger partial charge is 0.250 e. The number of aryl methyl sites for hydroxylation is 1. The molecule has 0 radical (unpaired) electrons. The van der Waals surface area contributed by atoms with Crippen LogP contribution in [0.25, 0.3) is 0 Å². The molecule has 9 heteroatoms. The molecule has 2 aromatic heterocycles. The predicted molar refractivity (Wildman–Crippen MR) is 103 cm³/mol. The maximum Gasteiger partial charge on any atom is 0.250 e. The number of amides is 1. The van der Waals surface area contributed by atoms with Crippen LogP contribution in [-0.4, -0.2) is 25.5 Å². The predicted octanol–water partition coefficient (Wildman–Crippen LogP) is 4.39. The quantitative estimate of drug-likeness (QED) is 0.679. The van der Waals surface area contributed by atoms with Crippen molar-refractivity contribution in [1.29, 1.82) is 0 Å². The number of rotatable bonds is 5. The van der Waals surface area contributed by atoms with Crippen molar-refractivity contribution in [2.75, 3.05) is 5.32 Å². The monoisotopic (exact) mass is 409 g/mol. The van der Waals surface area contributed by atoms with Crippen molar-refractivity contribution in [2.24, 2.45) is 0 Å². The van der Waals surface area contributed by atoms with E-state index in [4.69, 9.17) is 23.2 Å². The molecular weight excluding hydrogens is 392 g/mol. The lowest BCUT2D eigenvalue weighted by Crippen LogP contribution is -2.25. The number of hydrogen-bond donors (Lipinski definition) is 1. The Morgan fingerprint density at radius 3 is 2.63 bits per heavy atom. The first-order valence-corrected chi connectivity index (χ1v) is 9.02. The summed E-state index contributed by atoms with van der Waals surface area (Å²) in [6.07, 6.45) is 1.64. The third kappa shape index (κ3) is 3.99. The number of hydrogen-bond acceptors (Lipinski definition) is 3. The Balaban J connectivity index is 1.72. The number of carbonyl (C=O) groups is 1. The lowest BCUT2D eigenvalue weighted by atomic mass is 10.2. The minimum absolute atomic E-state index is 0.157. The van der Waals surface area contributed by atoms with E-state index in [9.17, 15) is 9.18 Å². The molecule has 1 atom stereocenters. The Morgan fingerprint density at radius 1 is 1.26 bits per heavy atom. The number of nitrogens with zero attached hydrogens (tertiary/aromatic N) is 4. The summed E-state index contributed by atoms with van der Waals surface area (Å²) in [5, 5.41) is 12.1. The van der Waals surface area contributed by atoms with Crippen LogP contribution < -0.4 is 5.32 Å². The van der Waals surface area contributed by atoms with Crippen molar-refractivity contribution in [1.82, 2.24) is 19.6 Å². The number of carbonyl (C=O) groups excluding carboxylic acids is 1. The summed E-state index contributed by atoms with van der Waals surface area (Å²) in [7, 11) is 0.